The van der Waals surface area contributed by atoms with Crippen molar-refractivity contribution in [2.75, 3.05) is 25.6 Å². The second kappa shape index (κ2) is 8.83. The molecule has 7 nitrogen and oxygen atoms in total. The Morgan fingerprint density at radius 1 is 0.862 bits per heavy atom. The minimum Gasteiger partial charge on any atom is -0.497 e. The molecule has 0 aliphatic rings. The highest BCUT2D eigenvalue weighted by atomic mass is 32.2. The van der Waals surface area contributed by atoms with Gasteiger partial charge in [-0.1, -0.05) is 18.2 Å². The number of anilines is 1. The van der Waals surface area contributed by atoms with Crippen LogP contribution in [0.5, 0.6) is 17.2 Å². The molecule has 152 valence electrons. The first-order chi connectivity index (χ1) is 14.0. The molecule has 3 aromatic rings. The van der Waals surface area contributed by atoms with Crippen molar-refractivity contribution in [1.29, 1.82) is 0 Å². The minimum atomic E-state index is -3.92. The van der Waals surface area contributed by atoms with E-state index in [1.165, 1.54) is 30.7 Å². The zero-order chi connectivity index (χ0) is 20.9. The summed E-state index contributed by atoms with van der Waals surface area (Å²) in [4.78, 5) is 4.32. The lowest BCUT2D eigenvalue weighted by molar-refractivity contribution is 0.354. The first kappa shape index (κ1) is 20.5. The van der Waals surface area contributed by atoms with Crippen LogP contribution in [0, 0.1) is 0 Å². The number of aromatic nitrogens is 1. The Kier molecular flexibility index (Phi) is 6.23. The first-order valence-electron chi connectivity index (χ1n) is 8.78. The molecule has 0 aliphatic carbocycles. The van der Waals surface area contributed by atoms with E-state index in [2.05, 4.69) is 4.98 Å². The second-order valence-corrected chi connectivity index (χ2v) is 7.93. The van der Waals surface area contributed by atoms with E-state index in [0.29, 0.717) is 23.1 Å². The van der Waals surface area contributed by atoms with Crippen molar-refractivity contribution in [2.24, 2.45) is 0 Å². The molecule has 8 heteroatoms. The number of nitrogens with zero attached hydrogens (tertiary/aromatic N) is 2. The molecule has 0 radical (unpaired) electrons. The third-order valence-electron chi connectivity index (χ3n) is 4.33. The van der Waals surface area contributed by atoms with E-state index in [-0.39, 0.29) is 11.4 Å². The van der Waals surface area contributed by atoms with Gasteiger partial charge in [-0.25, -0.2) is 17.7 Å². The van der Waals surface area contributed by atoms with Crippen molar-refractivity contribution in [3.8, 4) is 17.2 Å². The Hall–Kier alpha value is -3.26. The van der Waals surface area contributed by atoms with Crippen molar-refractivity contribution < 1.29 is 22.6 Å². The summed E-state index contributed by atoms with van der Waals surface area (Å²) in [6.45, 7) is 0.109. The molecular formula is C21H22N2O5S. The number of hydrogen-bond donors (Lipinski definition) is 0. The van der Waals surface area contributed by atoms with Crippen LogP contribution in [-0.4, -0.2) is 34.7 Å². The summed E-state index contributed by atoms with van der Waals surface area (Å²) in [5.74, 6) is 1.80. The highest BCUT2D eigenvalue weighted by Crippen LogP contribution is 2.32. The number of benzene rings is 2. The third-order valence-corrected chi connectivity index (χ3v) is 6.08. The van der Waals surface area contributed by atoms with Gasteiger partial charge in [0.05, 0.1) is 32.8 Å². The van der Waals surface area contributed by atoms with Crippen molar-refractivity contribution in [3.63, 3.8) is 0 Å². The summed E-state index contributed by atoms with van der Waals surface area (Å²) in [6, 6.07) is 16.8. The van der Waals surface area contributed by atoms with Crippen molar-refractivity contribution >= 4 is 15.8 Å². The molecule has 3 rings (SSSR count). The molecular weight excluding hydrogens is 392 g/mol. The van der Waals surface area contributed by atoms with Gasteiger partial charge in [0.15, 0.2) is 11.5 Å². The van der Waals surface area contributed by atoms with E-state index >= 15 is 0 Å². The summed E-state index contributed by atoms with van der Waals surface area (Å²) >= 11 is 0. The molecule has 0 spiro atoms. The Bertz CT molecular complexity index is 1050. The van der Waals surface area contributed by atoms with E-state index in [1.807, 2.05) is 12.1 Å². The van der Waals surface area contributed by atoms with Gasteiger partial charge >= 0.3 is 0 Å². The van der Waals surface area contributed by atoms with Gasteiger partial charge < -0.3 is 14.2 Å². The van der Waals surface area contributed by atoms with Gasteiger partial charge in [0.2, 0.25) is 0 Å². The van der Waals surface area contributed by atoms with Crippen molar-refractivity contribution in [2.45, 2.75) is 11.4 Å². The monoisotopic (exact) mass is 414 g/mol. The van der Waals surface area contributed by atoms with Crippen LogP contribution in [0.25, 0.3) is 0 Å². The maximum absolute atomic E-state index is 13.5. The first-order valence-corrected chi connectivity index (χ1v) is 10.2. The molecule has 0 bridgehead atoms. The Labute approximate surface area is 170 Å². The molecule has 0 fully saturated rings. The van der Waals surface area contributed by atoms with Gasteiger partial charge in [0.1, 0.15) is 11.6 Å². The van der Waals surface area contributed by atoms with Gasteiger partial charge in [0, 0.05) is 12.3 Å². The predicted octanol–water partition coefficient (Wildman–Crippen LogP) is 3.50. The SMILES string of the molecule is COc1ccc(CN(c2ccccn2)S(=O)(=O)c2ccc(OC)c(OC)c2)cc1. The molecule has 29 heavy (non-hydrogen) atoms. The fourth-order valence-corrected chi connectivity index (χ4v) is 4.22. The lowest BCUT2D eigenvalue weighted by atomic mass is 10.2. The number of rotatable bonds is 8. The fourth-order valence-electron chi connectivity index (χ4n) is 2.79. The molecule has 0 aliphatic heterocycles. The van der Waals surface area contributed by atoms with Gasteiger partial charge in [-0.15, -0.1) is 0 Å². The van der Waals surface area contributed by atoms with Crippen LogP contribution in [0.2, 0.25) is 0 Å². The summed E-state index contributed by atoms with van der Waals surface area (Å²) in [6.07, 6.45) is 1.56. The zero-order valence-electron chi connectivity index (χ0n) is 16.4. The average Bonchev–Trinajstić information content (AvgIpc) is 2.77. The van der Waals surface area contributed by atoms with Gasteiger partial charge in [-0.2, -0.15) is 0 Å². The Balaban J connectivity index is 2.05. The van der Waals surface area contributed by atoms with Crippen LogP contribution >= 0.6 is 0 Å². The average molecular weight is 414 g/mol. The standard InChI is InChI=1S/C21H22N2O5S/c1-26-17-9-7-16(8-10-17)15-23(21-6-4-5-13-22-21)29(24,25)18-11-12-19(27-2)20(14-18)28-3/h4-14H,15H2,1-3H3. The molecule has 2 aromatic carbocycles. The summed E-state index contributed by atoms with van der Waals surface area (Å²) in [5, 5.41) is 0. The van der Waals surface area contributed by atoms with Crippen LogP contribution in [0.3, 0.4) is 0 Å². The lowest BCUT2D eigenvalue weighted by Gasteiger charge is -2.24. The number of hydrogen-bond acceptors (Lipinski definition) is 6. The number of pyridine rings is 1. The molecule has 0 N–H and O–H groups in total. The van der Waals surface area contributed by atoms with Crippen LogP contribution in [0.4, 0.5) is 5.82 Å². The third kappa shape index (κ3) is 4.43. The van der Waals surface area contributed by atoms with Crippen molar-refractivity contribution in [1.82, 2.24) is 4.98 Å². The highest BCUT2D eigenvalue weighted by molar-refractivity contribution is 7.92. The van der Waals surface area contributed by atoms with Crippen LogP contribution in [0.1, 0.15) is 5.56 Å². The Morgan fingerprint density at radius 3 is 2.17 bits per heavy atom. The zero-order valence-corrected chi connectivity index (χ0v) is 17.2. The largest absolute Gasteiger partial charge is 0.497 e. The molecule has 1 aromatic heterocycles. The summed E-state index contributed by atoms with van der Waals surface area (Å²) < 4.78 is 43.9. The summed E-state index contributed by atoms with van der Waals surface area (Å²) in [7, 11) is 0.615. The van der Waals surface area contributed by atoms with Crippen LogP contribution in [-0.2, 0) is 16.6 Å². The minimum absolute atomic E-state index is 0.0781. The van der Waals surface area contributed by atoms with E-state index < -0.39 is 10.0 Å². The van der Waals surface area contributed by atoms with E-state index in [0.717, 1.165) is 5.56 Å². The van der Waals surface area contributed by atoms with Gasteiger partial charge in [-0.3, -0.25) is 0 Å². The molecule has 0 saturated carbocycles. The van der Waals surface area contributed by atoms with Gasteiger partial charge in [0.25, 0.3) is 10.0 Å². The normalized spacial score (nSPS) is 11.0. The molecule has 0 unspecified atom stereocenters. The molecule has 0 atom stereocenters. The number of ether oxygens (including phenoxy) is 3. The highest BCUT2D eigenvalue weighted by Gasteiger charge is 2.27. The van der Waals surface area contributed by atoms with Gasteiger partial charge in [-0.05, 0) is 42.0 Å². The maximum atomic E-state index is 13.5. The Morgan fingerprint density at radius 2 is 1.59 bits per heavy atom. The van der Waals surface area contributed by atoms with Crippen LogP contribution in [0.15, 0.2) is 71.8 Å². The molecule has 0 amide bonds. The fraction of sp³-hybridized carbons (Fsp3) is 0.190. The quantitative estimate of drug-likeness (QED) is 0.561. The van der Waals surface area contributed by atoms with E-state index in [1.54, 1.807) is 49.7 Å². The topological polar surface area (TPSA) is 78.0 Å². The molecule has 1 heterocycles. The number of sulfonamides is 1. The van der Waals surface area contributed by atoms with Crippen LogP contribution < -0.4 is 18.5 Å². The predicted molar refractivity (Wildman–Crippen MR) is 110 cm³/mol. The van der Waals surface area contributed by atoms with E-state index in [9.17, 15) is 8.42 Å². The smallest absolute Gasteiger partial charge is 0.265 e. The summed E-state index contributed by atoms with van der Waals surface area (Å²) in [5.41, 5.74) is 0.792. The second-order valence-electron chi connectivity index (χ2n) is 6.06. The maximum Gasteiger partial charge on any atom is 0.265 e. The lowest BCUT2D eigenvalue weighted by Crippen LogP contribution is -2.31. The molecule has 0 saturated heterocycles. The van der Waals surface area contributed by atoms with Crippen molar-refractivity contribution in [3.05, 3.63) is 72.4 Å². The van der Waals surface area contributed by atoms with E-state index in [4.69, 9.17) is 14.2 Å². The number of methoxy groups -OCH3 is 3.